The number of nitrogens with one attached hydrogen (secondary N) is 2. The lowest BCUT2D eigenvalue weighted by Gasteiger charge is -2.19. The monoisotopic (exact) mass is 445 g/mol. The van der Waals surface area contributed by atoms with Crippen LogP contribution in [-0.4, -0.2) is 49.9 Å². The van der Waals surface area contributed by atoms with Gasteiger partial charge in [0, 0.05) is 42.9 Å². The van der Waals surface area contributed by atoms with Gasteiger partial charge in [-0.2, -0.15) is 0 Å². The van der Waals surface area contributed by atoms with Crippen molar-refractivity contribution in [2.24, 2.45) is 0 Å². The number of methoxy groups -OCH3 is 2. The minimum absolute atomic E-state index is 0.0643. The average molecular weight is 446 g/mol. The second-order valence-electron chi connectivity index (χ2n) is 7.52. The lowest BCUT2D eigenvalue weighted by atomic mass is 9.90. The maximum Gasteiger partial charge on any atom is 0.256 e. The molecule has 0 saturated carbocycles. The Kier molecular flexibility index (Phi) is 7.22. The third kappa shape index (κ3) is 5.15. The molecular weight excluding hydrogens is 418 g/mol. The number of aromatic amines is 1. The molecule has 33 heavy (non-hydrogen) atoms. The van der Waals surface area contributed by atoms with E-state index < -0.39 is 0 Å². The van der Waals surface area contributed by atoms with Crippen LogP contribution in [0.15, 0.2) is 73.1 Å². The van der Waals surface area contributed by atoms with Crippen molar-refractivity contribution in [2.45, 2.75) is 5.92 Å². The molecule has 0 bridgehead atoms. The van der Waals surface area contributed by atoms with Gasteiger partial charge in [0.05, 0.1) is 13.7 Å². The zero-order chi connectivity index (χ0) is 23.0. The number of rotatable bonds is 10. The maximum atomic E-state index is 13.1. The first-order chi connectivity index (χ1) is 16.2. The standard InChI is InChI=1S/C26H27N3O4/c1-31-14-15-33-26-21(7-5-13-27-26)25(30)29-16-22(18-9-11-19(32-2)12-10-18)23-17-28-24-8-4-3-6-20(23)24/h3-13,17,22,28H,14-16H2,1-2H3,(H,29,30). The number of carbonyl (C=O) groups excluding carboxylic acids is 1. The lowest BCUT2D eigenvalue weighted by Crippen LogP contribution is -2.29. The van der Waals surface area contributed by atoms with Crippen molar-refractivity contribution in [1.29, 1.82) is 0 Å². The van der Waals surface area contributed by atoms with Gasteiger partial charge in [-0.1, -0.05) is 30.3 Å². The summed E-state index contributed by atoms with van der Waals surface area (Å²) in [4.78, 5) is 20.6. The number of para-hydroxylation sites is 1. The number of hydrogen-bond donors (Lipinski definition) is 2. The first-order valence-electron chi connectivity index (χ1n) is 10.8. The Morgan fingerprint density at radius 3 is 2.64 bits per heavy atom. The molecule has 0 fully saturated rings. The Morgan fingerprint density at radius 1 is 1.03 bits per heavy atom. The molecule has 0 saturated heterocycles. The van der Waals surface area contributed by atoms with Gasteiger partial charge in [0.2, 0.25) is 5.88 Å². The highest BCUT2D eigenvalue weighted by Crippen LogP contribution is 2.31. The summed E-state index contributed by atoms with van der Waals surface area (Å²) < 4.78 is 16.0. The Morgan fingerprint density at radius 2 is 1.85 bits per heavy atom. The Hall–Kier alpha value is -3.84. The number of hydrogen-bond acceptors (Lipinski definition) is 5. The van der Waals surface area contributed by atoms with E-state index in [0.29, 0.717) is 31.2 Å². The van der Waals surface area contributed by atoms with E-state index in [1.54, 1.807) is 32.5 Å². The van der Waals surface area contributed by atoms with E-state index in [0.717, 1.165) is 27.8 Å². The van der Waals surface area contributed by atoms with Crippen molar-refractivity contribution in [2.75, 3.05) is 34.0 Å². The SMILES string of the molecule is COCCOc1ncccc1C(=O)NCC(c1ccc(OC)cc1)c1c[nH]c2ccccc12. The summed E-state index contributed by atoms with van der Waals surface area (Å²) in [5.41, 5.74) is 3.63. The second kappa shape index (κ2) is 10.7. The third-order valence-electron chi connectivity index (χ3n) is 5.52. The molecule has 2 N–H and O–H groups in total. The van der Waals surface area contributed by atoms with Crippen LogP contribution in [0.25, 0.3) is 10.9 Å². The largest absolute Gasteiger partial charge is 0.497 e. The van der Waals surface area contributed by atoms with Crippen LogP contribution in [0.2, 0.25) is 0 Å². The fourth-order valence-corrected chi connectivity index (χ4v) is 3.82. The molecule has 7 heteroatoms. The normalized spacial score (nSPS) is 11.8. The molecule has 0 spiro atoms. The average Bonchev–Trinajstić information content (AvgIpc) is 3.29. The number of nitrogens with zero attached hydrogens (tertiary/aromatic N) is 1. The van der Waals surface area contributed by atoms with Gasteiger partial charge >= 0.3 is 0 Å². The number of ether oxygens (including phenoxy) is 3. The molecule has 4 aromatic rings. The van der Waals surface area contributed by atoms with Crippen molar-refractivity contribution < 1.29 is 19.0 Å². The van der Waals surface area contributed by atoms with Crippen LogP contribution in [-0.2, 0) is 4.74 Å². The van der Waals surface area contributed by atoms with Crippen LogP contribution in [0.4, 0.5) is 0 Å². The highest BCUT2D eigenvalue weighted by Gasteiger charge is 2.21. The molecule has 2 aromatic heterocycles. The number of H-pyrrole nitrogens is 1. The molecule has 0 aliphatic heterocycles. The molecule has 2 heterocycles. The Labute approximate surface area is 192 Å². The molecule has 170 valence electrons. The molecule has 4 rings (SSSR count). The quantitative estimate of drug-likeness (QED) is 0.358. The van der Waals surface area contributed by atoms with Gasteiger partial charge in [0.15, 0.2) is 0 Å². The van der Waals surface area contributed by atoms with Gasteiger partial charge in [-0.05, 0) is 41.5 Å². The summed E-state index contributed by atoms with van der Waals surface area (Å²) in [6.07, 6.45) is 3.61. The van der Waals surface area contributed by atoms with Crippen molar-refractivity contribution >= 4 is 16.8 Å². The number of pyridine rings is 1. The topological polar surface area (TPSA) is 85.5 Å². The van der Waals surface area contributed by atoms with E-state index >= 15 is 0 Å². The molecule has 0 aliphatic rings. The Balaban J connectivity index is 1.59. The third-order valence-corrected chi connectivity index (χ3v) is 5.52. The zero-order valence-electron chi connectivity index (χ0n) is 18.7. The van der Waals surface area contributed by atoms with E-state index in [1.165, 1.54) is 0 Å². The van der Waals surface area contributed by atoms with E-state index in [4.69, 9.17) is 14.2 Å². The first kappa shape index (κ1) is 22.4. The zero-order valence-corrected chi connectivity index (χ0v) is 18.7. The molecule has 0 radical (unpaired) electrons. The van der Waals surface area contributed by atoms with Crippen LogP contribution >= 0.6 is 0 Å². The van der Waals surface area contributed by atoms with Crippen LogP contribution < -0.4 is 14.8 Å². The van der Waals surface area contributed by atoms with Gasteiger partial charge < -0.3 is 24.5 Å². The predicted octanol–water partition coefficient (Wildman–Crippen LogP) is 4.16. The minimum atomic E-state index is -0.242. The summed E-state index contributed by atoms with van der Waals surface area (Å²) in [5, 5.41) is 4.20. The lowest BCUT2D eigenvalue weighted by molar-refractivity contribution is 0.0943. The number of aromatic nitrogens is 2. The van der Waals surface area contributed by atoms with Crippen LogP contribution in [0, 0.1) is 0 Å². The maximum absolute atomic E-state index is 13.1. The summed E-state index contributed by atoms with van der Waals surface area (Å²) in [7, 11) is 3.24. The number of fused-ring (bicyclic) bond motifs is 1. The smallest absolute Gasteiger partial charge is 0.256 e. The summed E-state index contributed by atoms with van der Waals surface area (Å²) in [5.74, 6) is 0.772. The number of carbonyl (C=O) groups is 1. The number of amides is 1. The van der Waals surface area contributed by atoms with Gasteiger partial charge in [-0.25, -0.2) is 4.98 Å². The van der Waals surface area contributed by atoms with Crippen molar-refractivity contribution in [3.63, 3.8) is 0 Å². The molecule has 7 nitrogen and oxygen atoms in total. The van der Waals surface area contributed by atoms with Crippen LogP contribution in [0.5, 0.6) is 11.6 Å². The van der Waals surface area contributed by atoms with Gasteiger partial charge in [0.25, 0.3) is 5.91 Å². The molecule has 0 aliphatic carbocycles. The van der Waals surface area contributed by atoms with Crippen LogP contribution in [0.1, 0.15) is 27.4 Å². The predicted molar refractivity (Wildman–Crippen MR) is 127 cm³/mol. The van der Waals surface area contributed by atoms with Crippen molar-refractivity contribution in [1.82, 2.24) is 15.3 Å². The van der Waals surface area contributed by atoms with Crippen molar-refractivity contribution in [3.8, 4) is 11.6 Å². The molecule has 1 amide bonds. The van der Waals surface area contributed by atoms with E-state index in [9.17, 15) is 4.79 Å². The molecule has 1 unspecified atom stereocenters. The summed E-state index contributed by atoms with van der Waals surface area (Å²) in [6, 6.07) is 19.5. The summed E-state index contributed by atoms with van der Waals surface area (Å²) in [6.45, 7) is 1.13. The fraction of sp³-hybridized carbons (Fsp3) is 0.231. The molecular formula is C26H27N3O4. The minimum Gasteiger partial charge on any atom is -0.497 e. The number of benzene rings is 2. The van der Waals surface area contributed by atoms with Crippen LogP contribution in [0.3, 0.4) is 0 Å². The van der Waals surface area contributed by atoms with Gasteiger partial charge in [0.1, 0.15) is 17.9 Å². The summed E-state index contributed by atoms with van der Waals surface area (Å²) >= 11 is 0. The molecule has 2 aromatic carbocycles. The Bertz CT molecular complexity index is 1200. The van der Waals surface area contributed by atoms with Gasteiger partial charge in [-0.3, -0.25) is 4.79 Å². The highest BCUT2D eigenvalue weighted by atomic mass is 16.5. The highest BCUT2D eigenvalue weighted by molar-refractivity contribution is 5.96. The fourth-order valence-electron chi connectivity index (χ4n) is 3.82. The first-order valence-corrected chi connectivity index (χ1v) is 10.8. The van der Waals surface area contributed by atoms with E-state index in [-0.39, 0.29) is 11.8 Å². The van der Waals surface area contributed by atoms with E-state index in [1.807, 2.05) is 48.7 Å². The molecule has 1 atom stereocenters. The van der Waals surface area contributed by atoms with E-state index in [2.05, 4.69) is 21.4 Å². The van der Waals surface area contributed by atoms with Crippen molar-refractivity contribution in [3.05, 3.63) is 89.7 Å². The van der Waals surface area contributed by atoms with Gasteiger partial charge in [-0.15, -0.1) is 0 Å². The second-order valence-corrected chi connectivity index (χ2v) is 7.52.